The highest BCUT2D eigenvalue weighted by molar-refractivity contribution is 7.89. The van der Waals surface area contributed by atoms with Crippen molar-refractivity contribution in [2.24, 2.45) is 0 Å². The summed E-state index contributed by atoms with van der Waals surface area (Å²) in [5.74, 6) is 1.11. The molecule has 0 aliphatic heterocycles. The van der Waals surface area contributed by atoms with Crippen LogP contribution in [0.15, 0.2) is 23.2 Å². The summed E-state index contributed by atoms with van der Waals surface area (Å²) >= 11 is 0. The minimum Gasteiger partial charge on any atom is -0.370 e. The molecule has 0 saturated carbocycles. The molecule has 20 heavy (non-hydrogen) atoms. The predicted molar refractivity (Wildman–Crippen MR) is 81.7 cm³/mol. The number of sulfonamides is 1. The quantitative estimate of drug-likeness (QED) is 0.745. The zero-order valence-electron chi connectivity index (χ0n) is 11.9. The topological polar surface area (TPSA) is 88.2 Å². The van der Waals surface area contributed by atoms with E-state index in [0.717, 1.165) is 6.54 Å². The van der Waals surface area contributed by atoms with Gasteiger partial charge in [0, 0.05) is 41.6 Å². The number of hydrogen-bond donors (Lipinski definition) is 2. The Morgan fingerprint density at radius 3 is 2.60 bits per heavy atom. The largest absolute Gasteiger partial charge is 0.370 e. The Morgan fingerprint density at radius 1 is 1.40 bits per heavy atom. The monoisotopic (exact) mass is 319 g/mol. The highest BCUT2D eigenvalue weighted by atomic mass is 32.2. The number of anilines is 1. The molecule has 0 radical (unpaired) electrons. The molecular weight excluding hydrogens is 298 g/mol. The molecule has 1 heterocycles. The highest BCUT2D eigenvalue weighted by Crippen LogP contribution is 2.11. The molecule has 1 aromatic heterocycles. The van der Waals surface area contributed by atoms with Crippen LogP contribution in [0.2, 0.25) is 0 Å². The average molecular weight is 319 g/mol. The van der Waals surface area contributed by atoms with Crippen LogP contribution >= 0.6 is 0 Å². The van der Waals surface area contributed by atoms with E-state index < -0.39 is 20.8 Å². The molecule has 6 nitrogen and oxygen atoms in total. The van der Waals surface area contributed by atoms with Crippen LogP contribution in [0.4, 0.5) is 5.82 Å². The SMILES string of the molecule is CCNc1ccc(S(=O)(=O)NC(C)CCS(C)=O)cn1. The normalized spacial score (nSPS) is 14.8. The van der Waals surface area contributed by atoms with Gasteiger partial charge >= 0.3 is 0 Å². The van der Waals surface area contributed by atoms with Gasteiger partial charge in [0.2, 0.25) is 10.0 Å². The zero-order chi connectivity index (χ0) is 15.2. The minimum absolute atomic E-state index is 0.128. The van der Waals surface area contributed by atoms with Crippen LogP contribution in [0.25, 0.3) is 0 Å². The van der Waals surface area contributed by atoms with Crippen molar-refractivity contribution in [2.75, 3.05) is 23.9 Å². The number of hydrogen-bond acceptors (Lipinski definition) is 5. The van der Waals surface area contributed by atoms with E-state index in [1.54, 1.807) is 19.2 Å². The van der Waals surface area contributed by atoms with Gasteiger partial charge in [-0.2, -0.15) is 0 Å². The van der Waals surface area contributed by atoms with E-state index in [1.165, 1.54) is 12.3 Å². The van der Waals surface area contributed by atoms with E-state index in [9.17, 15) is 12.6 Å². The van der Waals surface area contributed by atoms with Gasteiger partial charge in [0.05, 0.1) is 0 Å². The maximum absolute atomic E-state index is 12.1. The number of pyridine rings is 1. The van der Waals surface area contributed by atoms with Crippen LogP contribution in [0.3, 0.4) is 0 Å². The lowest BCUT2D eigenvalue weighted by atomic mass is 10.3. The fourth-order valence-corrected chi connectivity index (χ4v) is 3.47. The molecule has 0 aliphatic carbocycles. The van der Waals surface area contributed by atoms with Crippen LogP contribution in [0, 0.1) is 0 Å². The van der Waals surface area contributed by atoms with Crippen molar-refractivity contribution in [3.05, 3.63) is 18.3 Å². The molecule has 1 aromatic rings. The van der Waals surface area contributed by atoms with Crippen molar-refractivity contribution in [3.8, 4) is 0 Å². The van der Waals surface area contributed by atoms with Crippen LogP contribution in [-0.2, 0) is 20.8 Å². The van der Waals surface area contributed by atoms with Gasteiger partial charge in [-0.25, -0.2) is 18.1 Å². The smallest absolute Gasteiger partial charge is 0.242 e. The summed E-state index contributed by atoms with van der Waals surface area (Å²) in [5, 5.41) is 3.00. The Morgan fingerprint density at radius 2 is 2.10 bits per heavy atom. The van der Waals surface area contributed by atoms with Gasteiger partial charge in [-0.3, -0.25) is 4.21 Å². The standard InChI is InChI=1S/C12H21N3O3S2/c1-4-13-12-6-5-11(9-14-12)20(17,18)15-10(2)7-8-19(3)16/h5-6,9-10,15H,4,7-8H2,1-3H3,(H,13,14). The molecule has 1 rings (SSSR count). The van der Waals surface area contributed by atoms with Gasteiger partial charge in [-0.15, -0.1) is 0 Å². The maximum Gasteiger partial charge on any atom is 0.242 e. The van der Waals surface area contributed by atoms with Gasteiger partial charge in [0.25, 0.3) is 0 Å². The molecule has 2 unspecified atom stereocenters. The Bertz CT molecular complexity index is 544. The summed E-state index contributed by atoms with van der Waals surface area (Å²) in [4.78, 5) is 4.17. The van der Waals surface area contributed by atoms with Crippen molar-refractivity contribution >= 4 is 26.6 Å². The average Bonchev–Trinajstić information content (AvgIpc) is 2.37. The first-order chi connectivity index (χ1) is 9.35. The lowest BCUT2D eigenvalue weighted by Crippen LogP contribution is -2.33. The summed E-state index contributed by atoms with van der Waals surface area (Å²) in [6, 6.07) is 2.87. The molecule has 0 saturated heterocycles. The molecule has 0 bridgehead atoms. The van der Waals surface area contributed by atoms with Crippen LogP contribution < -0.4 is 10.0 Å². The summed E-state index contributed by atoms with van der Waals surface area (Å²) in [7, 11) is -4.50. The first kappa shape index (κ1) is 17.1. The summed E-state index contributed by atoms with van der Waals surface area (Å²) < 4.78 is 37.8. The number of aromatic nitrogens is 1. The minimum atomic E-state index is -3.58. The second-order valence-corrected chi connectivity index (χ2v) is 7.77. The third-order valence-electron chi connectivity index (χ3n) is 2.60. The molecule has 0 fully saturated rings. The molecular formula is C12H21N3O3S2. The van der Waals surface area contributed by atoms with E-state index in [2.05, 4.69) is 15.0 Å². The van der Waals surface area contributed by atoms with Gasteiger partial charge in [0.15, 0.2) is 0 Å². The second kappa shape index (κ2) is 7.70. The number of nitrogens with one attached hydrogen (secondary N) is 2. The van der Waals surface area contributed by atoms with Crippen molar-refractivity contribution in [1.82, 2.24) is 9.71 Å². The van der Waals surface area contributed by atoms with Crippen molar-refractivity contribution in [1.29, 1.82) is 0 Å². The maximum atomic E-state index is 12.1. The Balaban J connectivity index is 2.70. The Kier molecular flexibility index (Phi) is 6.57. The lowest BCUT2D eigenvalue weighted by molar-refractivity contribution is 0.555. The van der Waals surface area contributed by atoms with Crippen LogP contribution in [0.1, 0.15) is 20.3 Å². The molecule has 2 atom stereocenters. The van der Waals surface area contributed by atoms with E-state index >= 15 is 0 Å². The van der Waals surface area contributed by atoms with Crippen molar-refractivity contribution in [3.63, 3.8) is 0 Å². The second-order valence-electron chi connectivity index (χ2n) is 4.50. The Labute approximate surface area is 122 Å². The van der Waals surface area contributed by atoms with Gasteiger partial charge in [-0.05, 0) is 32.4 Å². The van der Waals surface area contributed by atoms with Gasteiger partial charge < -0.3 is 5.32 Å². The van der Waals surface area contributed by atoms with Gasteiger partial charge in [0.1, 0.15) is 10.7 Å². The van der Waals surface area contributed by atoms with E-state index in [1.807, 2.05) is 6.92 Å². The van der Waals surface area contributed by atoms with Crippen molar-refractivity contribution in [2.45, 2.75) is 31.2 Å². The van der Waals surface area contributed by atoms with Gasteiger partial charge in [-0.1, -0.05) is 0 Å². The summed E-state index contributed by atoms with van der Waals surface area (Å²) in [6.07, 6.45) is 3.46. The molecule has 0 amide bonds. The summed E-state index contributed by atoms with van der Waals surface area (Å²) in [6.45, 7) is 4.42. The molecule has 8 heteroatoms. The van der Waals surface area contributed by atoms with E-state index in [-0.39, 0.29) is 10.9 Å². The highest BCUT2D eigenvalue weighted by Gasteiger charge is 2.17. The number of rotatable bonds is 8. The van der Waals surface area contributed by atoms with E-state index in [0.29, 0.717) is 18.0 Å². The third-order valence-corrected chi connectivity index (χ3v) is 4.98. The fraction of sp³-hybridized carbons (Fsp3) is 0.583. The molecule has 0 aromatic carbocycles. The van der Waals surface area contributed by atoms with Crippen molar-refractivity contribution < 1.29 is 12.6 Å². The predicted octanol–water partition coefficient (Wildman–Crippen LogP) is 0.949. The molecule has 2 N–H and O–H groups in total. The van der Waals surface area contributed by atoms with Crippen LogP contribution in [-0.4, -0.2) is 42.2 Å². The first-order valence-corrected chi connectivity index (χ1v) is 9.58. The molecule has 114 valence electrons. The fourth-order valence-electron chi connectivity index (χ4n) is 1.56. The van der Waals surface area contributed by atoms with E-state index in [4.69, 9.17) is 0 Å². The molecule has 0 spiro atoms. The number of nitrogens with zero attached hydrogens (tertiary/aromatic N) is 1. The Hall–Kier alpha value is -0.990. The zero-order valence-corrected chi connectivity index (χ0v) is 13.6. The third kappa shape index (κ3) is 5.56. The van der Waals surface area contributed by atoms with Crippen LogP contribution in [0.5, 0.6) is 0 Å². The summed E-state index contributed by atoms with van der Waals surface area (Å²) in [5.41, 5.74) is 0. The lowest BCUT2D eigenvalue weighted by Gasteiger charge is -2.13. The first-order valence-electron chi connectivity index (χ1n) is 6.37. The molecule has 0 aliphatic rings.